The Kier molecular flexibility index (Phi) is 6.69. The maximum Gasteiger partial charge on any atom is 0.253 e. The summed E-state index contributed by atoms with van der Waals surface area (Å²) in [5.41, 5.74) is 1.29. The molecule has 0 saturated heterocycles. The molecule has 2 N–H and O–H groups in total. The Hall–Kier alpha value is -3.81. The molecule has 0 aliphatic rings. The minimum Gasteiger partial charge on any atom is -0.350 e. The number of halogens is 1. The zero-order valence-electron chi connectivity index (χ0n) is 16.3. The van der Waals surface area contributed by atoms with Gasteiger partial charge in [0.25, 0.3) is 11.5 Å². The van der Waals surface area contributed by atoms with Crippen molar-refractivity contribution in [2.75, 3.05) is 0 Å². The number of nitrogens with zero attached hydrogens (tertiary/aromatic N) is 2. The molecule has 8 heteroatoms. The van der Waals surface area contributed by atoms with Crippen molar-refractivity contribution in [1.82, 2.24) is 20.2 Å². The Morgan fingerprint density at radius 3 is 2.57 bits per heavy atom. The van der Waals surface area contributed by atoms with Gasteiger partial charge in [-0.25, -0.2) is 4.39 Å². The molecular formula is C22H21FN4O3. The molecule has 0 aliphatic carbocycles. The van der Waals surface area contributed by atoms with Gasteiger partial charge in [-0.1, -0.05) is 18.2 Å². The van der Waals surface area contributed by atoms with Gasteiger partial charge in [0, 0.05) is 25.0 Å². The number of rotatable bonds is 7. The van der Waals surface area contributed by atoms with Crippen LogP contribution in [-0.2, 0) is 17.9 Å². The monoisotopic (exact) mass is 408 g/mol. The van der Waals surface area contributed by atoms with Gasteiger partial charge in [-0.15, -0.1) is 0 Å². The zero-order chi connectivity index (χ0) is 21.5. The first-order chi connectivity index (χ1) is 14.4. The van der Waals surface area contributed by atoms with E-state index in [0.29, 0.717) is 5.69 Å². The second kappa shape index (κ2) is 9.60. The first-order valence-corrected chi connectivity index (χ1v) is 9.36. The Bertz CT molecular complexity index is 1080. The first kappa shape index (κ1) is 20.9. The lowest BCUT2D eigenvalue weighted by molar-refractivity contribution is -0.121. The van der Waals surface area contributed by atoms with Crippen LogP contribution in [0.25, 0.3) is 0 Å². The minimum absolute atomic E-state index is 0.204. The molecule has 1 aromatic carbocycles. The molecule has 0 saturated carbocycles. The lowest BCUT2D eigenvalue weighted by atomic mass is 10.2. The molecule has 154 valence electrons. The van der Waals surface area contributed by atoms with E-state index < -0.39 is 11.5 Å². The normalized spacial score (nSPS) is 11.5. The van der Waals surface area contributed by atoms with Crippen LogP contribution in [0.1, 0.15) is 34.6 Å². The molecule has 7 nitrogen and oxygen atoms in total. The summed E-state index contributed by atoms with van der Waals surface area (Å²) in [4.78, 5) is 41.0. The van der Waals surface area contributed by atoms with Crippen LogP contribution < -0.4 is 16.2 Å². The van der Waals surface area contributed by atoms with E-state index in [0.717, 1.165) is 5.56 Å². The number of benzene rings is 1. The van der Waals surface area contributed by atoms with Gasteiger partial charge < -0.3 is 15.2 Å². The molecule has 2 aromatic heterocycles. The average molecular weight is 408 g/mol. The van der Waals surface area contributed by atoms with Crippen molar-refractivity contribution in [2.45, 2.75) is 26.1 Å². The van der Waals surface area contributed by atoms with Crippen LogP contribution in [0.2, 0.25) is 0 Å². The van der Waals surface area contributed by atoms with Crippen LogP contribution in [-0.4, -0.2) is 21.4 Å². The van der Waals surface area contributed by atoms with Gasteiger partial charge in [0.2, 0.25) is 5.91 Å². The fraction of sp³-hybridized carbons (Fsp3) is 0.182. The van der Waals surface area contributed by atoms with Crippen LogP contribution >= 0.6 is 0 Å². The van der Waals surface area contributed by atoms with Crippen LogP contribution in [0.4, 0.5) is 4.39 Å². The molecule has 0 unspecified atom stereocenters. The van der Waals surface area contributed by atoms with Crippen molar-refractivity contribution < 1.29 is 14.0 Å². The third kappa shape index (κ3) is 5.60. The van der Waals surface area contributed by atoms with Gasteiger partial charge in [-0.05, 0) is 42.8 Å². The van der Waals surface area contributed by atoms with Gasteiger partial charge in [-0.2, -0.15) is 0 Å². The Balaban J connectivity index is 1.62. The van der Waals surface area contributed by atoms with E-state index in [2.05, 4.69) is 15.6 Å². The summed E-state index contributed by atoms with van der Waals surface area (Å²) < 4.78 is 14.1. The highest BCUT2D eigenvalue weighted by atomic mass is 19.1. The lowest BCUT2D eigenvalue weighted by Crippen LogP contribution is -2.33. The first-order valence-electron chi connectivity index (χ1n) is 9.36. The van der Waals surface area contributed by atoms with Gasteiger partial charge in [-0.3, -0.25) is 19.4 Å². The second-order valence-corrected chi connectivity index (χ2v) is 6.74. The van der Waals surface area contributed by atoms with E-state index in [9.17, 15) is 18.8 Å². The fourth-order valence-electron chi connectivity index (χ4n) is 2.79. The number of aromatic nitrogens is 2. The molecular weight excluding hydrogens is 387 g/mol. The zero-order valence-corrected chi connectivity index (χ0v) is 16.3. The summed E-state index contributed by atoms with van der Waals surface area (Å²) in [6.07, 6.45) is 2.99. The molecule has 0 bridgehead atoms. The fourth-order valence-corrected chi connectivity index (χ4v) is 2.79. The van der Waals surface area contributed by atoms with Gasteiger partial charge >= 0.3 is 0 Å². The third-order valence-electron chi connectivity index (χ3n) is 4.44. The predicted octanol–water partition coefficient (Wildman–Crippen LogP) is 2.19. The molecule has 3 rings (SSSR count). The minimum atomic E-state index is -0.402. The maximum absolute atomic E-state index is 12.9. The molecule has 0 aliphatic heterocycles. The van der Waals surface area contributed by atoms with Crippen LogP contribution in [0.15, 0.2) is 71.8 Å². The van der Waals surface area contributed by atoms with Crippen molar-refractivity contribution in [3.63, 3.8) is 0 Å². The number of carbonyl (C=O) groups excluding carboxylic acids is 2. The molecule has 0 radical (unpaired) electrons. The number of nitrogens with one attached hydrogen (secondary N) is 2. The molecule has 2 heterocycles. The topological polar surface area (TPSA) is 93.1 Å². The maximum atomic E-state index is 12.9. The number of hydrogen-bond donors (Lipinski definition) is 2. The SMILES string of the molecule is C[C@@H](NC(=O)c1ccc(=O)n(CC(=O)NCc2ccc(F)cc2)c1)c1ccccn1. The molecule has 0 spiro atoms. The van der Waals surface area contributed by atoms with E-state index in [-0.39, 0.29) is 36.4 Å². The summed E-state index contributed by atoms with van der Waals surface area (Å²) in [7, 11) is 0. The van der Waals surface area contributed by atoms with Gasteiger partial charge in [0.1, 0.15) is 12.4 Å². The van der Waals surface area contributed by atoms with Crippen LogP contribution in [0.5, 0.6) is 0 Å². The highest BCUT2D eigenvalue weighted by Gasteiger charge is 2.14. The standard InChI is InChI=1S/C22H21FN4O3/c1-15(19-4-2-3-11-24-19)26-22(30)17-7-10-21(29)27(13-17)14-20(28)25-12-16-5-8-18(23)9-6-16/h2-11,13,15H,12,14H2,1H3,(H,25,28)(H,26,30)/t15-/m1/s1. The number of amides is 2. The highest BCUT2D eigenvalue weighted by Crippen LogP contribution is 2.09. The van der Waals surface area contributed by atoms with E-state index in [4.69, 9.17) is 0 Å². The Morgan fingerprint density at radius 1 is 1.10 bits per heavy atom. The van der Waals surface area contributed by atoms with Crippen molar-refractivity contribution in [3.8, 4) is 0 Å². The largest absolute Gasteiger partial charge is 0.350 e. The molecule has 2 amide bonds. The van der Waals surface area contributed by atoms with Gasteiger partial charge in [0.05, 0.1) is 17.3 Å². The number of carbonyl (C=O) groups is 2. The molecule has 3 aromatic rings. The predicted molar refractivity (Wildman–Crippen MR) is 109 cm³/mol. The quantitative estimate of drug-likeness (QED) is 0.627. The molecule has 1 atom stereocenters. The number of pyridine rings is 2. The van der Waals surface area contributed by atoms with Crippen molar-refractivity contribution >= 4 is 11.8 Å². The summed E-state index contributed by atoms with van der Waals surface area (Å²) in [6, 6.07) is 13.5. The van der Waals surface area contributed by atoms with Crippen LogP contribution in [0, 0.1) is 5.82 Å². The van der Waals surface area contributed by atoms with Crippen LogP contribution in [0.3, 0.4) is 0 Å². The van der Waals surface area contributed by atoms with Gasteiger partial charge in [0.15, 0.2) is 0 Å². The molecule has 30 heavy (non-hydrogen) atoms. The average Bonchev–Trinajstić information content (AvgIpc) is 2.75. The van der Waals surface area contributed by atoms with Crippen molar-refractivity contribution in [2.24, 2.45) is 0 Å². The smallest absolute Gasteiger partial charge is 0.253 e. The van der Waals surface area contributed by atoms with E-state index in [1.165, 1.54) is 35.0 Å². The summed E-state index contributed by atoms with van der Waals surface area (Å²) in [5.74, 6) is -1.14. The Labute approximate surface area is 172 Å². The van der Waals surface area contributed by atoms with Crippen molar-refractivity contribution in [3.05, 3.63) is 100.0 Å². The van der Waals surface area contributed by atoms with E-state index in [1.54, 1.807) is 37.4 Å². The molecule has 0 fully saturated rings. The second-order valence-electron chi connectivity index (χ2n) is 6.74. The summed E-state index contributed by atoms with van der Waals surface area (Å²) in [6.45, 7) is 1.77. The van der Waals surface area contributed by atoms with E-state index >= 15 is 0 Å². The lowest BCUT2D eigenvalue weighted by Gasteiger charge is -2.14. The number of hydrogen-bond acceptors (Lipinski definition) is 4. The highest BCUT2D eigenvalue weighted by molar-refractivity contribution is 5.94. The summed E-state index contributed by atoms with van der Waals surface area (Å²) >= 11 is 0. The summed E-state index contributed by atoms with van der Waals surface area (Å²) in [5, 5.41) is 5.48. The third-order valence-corrected chi connectivity index (χ3v) is 4.44. The van der Waals surface area contributed by atoms with Crippen molar-refractivity contribution in [1.29, 1.82) is 0 Å². The van der Waals surface area contributed by atoms with E-state index in [1.807, 2.05) is 6.07 Å². The Morgan fingerprint density at radius 2 is 1.87 bits per heavy atom.